The molecular weight excluding hydrogens is 240 g/mol. The van der Waals surface area contributed by atoms with Gasteiger partial charge in [-0.25, -0.2) is 0 Å². The Morgan fingerprint density at radius 3 is 2.82 bits per heavy atom. The molecule has 1 aromatic carbocycles. The van der Waals surface area contributed by atoms with Gasteiger partial charge in [0.2, 0.25) is 0 Å². The fourth-order valence-electron chi connectivity index (χ4n) is 1.32. The van der Waals surface area contributed by atoms with E-state index in [2.05, 4.69) is 5.32 Å². The molecule has 5 heteroatoms. The molecule has 1 rings (SSSR count). The Morgan fingerprint density at radius 2 is 2.12 bits per heavy atom. The lowest BCUT2D eigenvalue weighted by atomic mass is 10.3. The zero-order valence-corrected chi connectivity index (χ0v) is 10.8. The second kappa shape index (κ2) is 8.17. The van der Waals surface area contributed by atoms with Crippen LogP contribution in [0.15, 0.2) is 18.2 Å². The molecule has 0 aliphatic rings. The molecule has 4 nitrogen and oxygen atoms in total. The number of ether oxygens (including phenoxy) is 2. The molecule has 0 atom stereocenters. The standard InChI is InChI=1S/C12H19ClN2O2/c1-16-7-8-17-6-2-5-15-12-4-3-10(14)9-11(12)13/h3-4,9,15H,2,5-8,14H2,1H3. The average Bonchev–Trinajstić information content (AvgIpc) is 2.30. The summed E-state index contributed by atoms with van der Waals surface area (Å²) < 4.78 is 10.2. The lowest BCUT2D eigenvalue weighted by Gasteiger charge is -2.09. The van der Waals surface area contributed by atoms with Gasteiger partial charge in [-0.15, -0.1) is 0 Å². The van der Waals surface area contributed by atoms with Gasteiger partial charge in [0, 0.05) is 25.9 Å². The highest BCUT2D eigenvalue weighted by molar-refractivity contribution is 6.33. The van der Waals surface area contributed by atoms with E-state index < -0.39 is 0 Å². The molecule has 0 aliphatic heterocycles. The fraction of sp³-hybridized carbons (Fsp3) is 0.500. The summed E-state index contributed by atoms with van der Waals surface area (Å²) in [5.41, 5.74) is 7.18. The van der Waals surface area contributed by atoms with Crippen LogP contribution in [0, 0.1) is 0 Å². The fourth-order valence-corrected chi connectivity index (χ4v) is 1.57. The molecule has 0 aromatic heterocycles. The van der Waals surface area contributed by atoms with Crippen molar-refractivity contribution in [3.63, 3.8) is 0 Å². The number of benzene rings is 1. The van der Waals surface area contributed by atoms with E-state index in [-0.39, 0.29) is 0 Å². The second-order valence-electron chi connectivity index (χ2n) is 3.62. The van der Waals surface area contributed by atoms with Gasteiger partial charge in [0.05, 0.1) is 23.9 Å². The molecule has 96 valence electrons. The van der Waals surface area contributed by atoms with E-state index in [9.17, 15) is 0 Å². The molecule has 0 saturated carbocycles. The van der Waals surface area contributed by atoms with Crippen LogP contribution in [0.25, 0.3) is 0 Å². The summed E-state index contributed by atoms with van der Waals surface area (Å²) in [6, 6.07) is 5.44. The van der Waals surface area contributed by atoms with Crippen molar-refractivity contribution in [2.45, 2.75) is 6.42 Å². The Kier molecular flexibility index (Phi) is 6.77. The number of nitrogens with one attached hydrogen (secondary N) is 1. The SMILES string of the molecule is COCCOCCCNc1ccc(N)cc1Cl. The van der Waals surface area contributed by atoms with E-state index in [4.69, 9.17) is 26.8 Å². The van der Waals surface area contributed by atoms with Gasteiger partial charge in [-0.05, 0) is 24.6 Å². The van der Waals surface area contributed by atoms with E-state index in [0.29, 0.717) is 30.5 Å². The van der Waals surface area contributed by atoms with Crippen molar-refractivity contribution >= 4 is 23.0 Å². The van der Waals surface area contributed by atoms with Crippen LogP contribution in [0.5, 0.6) is 0 Å². The third-order valence-electron chi connectivity index (χ3n) is 2.21. The molecule has 0 saturated heterocycles. The molecule has 0 spiro atoms. The van der Waals surface area contributed by atoms with Crippen LogP contribution in [0.4, 0.5) is 11.4 Å². The van der Waals surface area contributed by atoms with E-state index >= 15 is 0 Å². The number of hydrogen-bond acceptors (Lipinski definition) is 4. The van der Waals surface area contributed by atoms with Crippen LogP contribution < -0.4 is 11.1 Å². The minimum atomic E-state index is 0.636. The van der Waals surface area contributed by atoms with E-state index in [1.54, 1.807) is 13.2 Å². The lowest BCUT2D eigenvalue weighted by molar-refractivity contribution is 0.0705. The lowest BCUT2D eigenvalue weighted by Crippen LogP contribution is -2.08. The molecule has 0 radical (unpaired) electrons. The van der Waals surface area contributed by atoms with Gasteiger partial charge >= 0.3 is 0 Å². The van der Waals surface area contributed by atoms with Crippen molar-refractivity contribution in [1.82, 2.24) is 0 Å². The second-order valence-corrected chi connectivity index (χ2v) is 4.03. The van der Waals surface area contributed by atoms with Crippen LogP contribution in [0.2, 0.25) is 5.02 Å². The third-order valence-corrected chi connectivity index (χ3v) is 2.52. The highest BCUT2D eigenvalue weighted by atomic mass is 35.5. The van der Waals surface area contributed by atoms with E-state index in [1.165, 1.54) is 0 Å². The van der Waals surface area contributed by atoms with Gasteiger partial charge < -0.3 is 20.5 Å². The zero-order valence-electron chi connectivity index (χ0n) is 10.0. The molecule has 0 unspecified atom stereocenters. The predicted molar refractivity (Wildman–Crippen MR) is 71.7 cm³/mol. The van der Waals surface area contributed by atoms with Crippen LogP contribution >= 0.6 is 11.6 Å². The normalized spacial score (nSPS) is 10.5. The summed E-state index contributed by atoms with van der Waals surface area (Å²) in [6.07, 6.45) is 0.921. The maximum Gasteiger partial charge on any atom is 0.0700 e. The van der Waals surface area contributed by atoms with Gasteiger partial charge in [0.1, 0.15) is 0 Å². The summed E-state index contributed by atoms with van der Waals surface area (Å²) in [5.74, 6) is 0. The van der Waals surface area contributed by atoms with Crippen LogP contribution in [-0.4, -0.2) is 33.5 Å². The summed E-state index contributed by atoms with van der Waals surface area (Å²) in [6.45, 7) is 2.80. The van der Waals surface area contributed by atoms with Gasteiger partial charge in [-0.1, -0.05) is 11.6 Å². The van der Waals surface area contributed by atoms with Gasteiger partial charge in [-0.2, -0.15) is 0 Å². The number of rotatable bonds is 8. The Balaban J connectivity index is 2.14. The molecule has 0 bridgehead atoms. The van der Waals surface area contributed by atoms with Crippen LogP contribution in [0.1, 0.15) is 6.42 Å². The summed E-state index contributed by atoms with van der Waals surface area (Å²) in [7, 11) is 1.66. The highest BCUT2D eigenvalue weighted by Gasteiger charge is 1.99. The minimum Gasteiger partial charge on any atom is -0.399 e. The molecule has 0 heterocycles. The van der Waals surface area contributed by atoms with Crippen molar-refractivity contribution in [2.75, 3.05) is 44.5 Å². The predicted octanol–water partition coefficient (Wildman–Crippen LogP) is 2.39. The molecule has 0 aliphatic carbocycles. The van der Waals surface area contributed by atoms with Crippen LogP contribution in [0.3, 0.4) is 0 Å². The number of halogens is 1. The topological polar surface area (TPSA) is 56.5 Å². The number of hydrogen-bond donors (Lipinski definition) is 2. The Hall–Kier alpha value is -0.970. The molecule has 0 amide bonds. The number of nitrogens with two attached hydrogens (primary N) is 1. The Labute approximate surface area is 107 Å². The third kappa shape index (κ3) is 5.77. The van der Waals surface area contributed by atoms with Crippen molar-refractivity contribution < 1.29 is 9.47 Å². The van der Waals surface area contributed by atoms with E-state index in [0.717, 1.165) is 18.7 Å². The number of anilines is 2. The molecule has 0 fully saturated rings. The van der Waals surface area contributed by atoms with E-state index in [1.807, 2.05) is 12.1 Å². The first kappa shape index (κ1) is 14.1. The zero-order chi connectivity index (χ0) is 12.5. The van der Waals surface area contributed by atoms with Gasteiger partial charge in [0.15, 0.2) is 0 Å². The highest BCUT2D eigenvalue weighted by Crippen LogP contribution is 2.23. The molecular formula is C12H19ClN2O2. The summed E-state index contributed by atoms with van der Waals surface area (Å²) in [4.78, 5) is 0. The minimum absolute atomic E-state index is 0.636. The number of nitrogen functional groups attached to an aromatic ring is 1. The monoisotopic (exact) mass is 258 g/mol. The van der Waals surface area contributed by atoms with Gasteiger partial charge in [0.25, 0.3) is 0 Å². The maximum absolute atomic E-state index is 6.02. The first-order chi connectivity index (χ1) is 8.24. The maximum atomic E-state index is 6.02. The quantitative estimate of drug-likeness (QED) is 0.555. The molecule has 17 heavy (non-hydrogen) atoms. The average molecular weight is 259 g/mol. The van der Waals surface area contributed by atoms with Crippen molar-refractivity contribution in [3.05, 3.63) is 23.2 Å². The summed E-state index contributed by atoms with van der Waals surface area (Å²) in [5, 5.41) is 3.88. The molecule has 3 N–H and O–H groups in total. The first-order valence-corrected chi connectivity index (χ1v) is 5.97. The number of methoxy groups -OCH3 is 1. The first-order valence-electron chi connectivity index (χ1n) is 5.59. The summed E-state index contributed by atoms with van der Waals surface area (Å²) >= 11 is 6.02. The van der Waals surface area contributed by atoms with Crippen LogP contribution in [-0.2, 0) is 9.47 Å². The van der Waals surface area contributed by atoms with Crippen molar-refractivity contribution in [3.8, 4) is 0 Å². The molecule has 1 aromatic rings. The van der Waals surface area contributed by atoms with Crippen molar-refractivity contribution in [1.29, 1.82) is 0 Å². The largest absolute Gasteiger partial charge is 0.399 e. The smallest absolute Gasteiger partial charge is 0.0700 e. The Morgan fingerprint density at radius 1 is 1.29 bits per heavy atom. The Bertz CT molecular complexity index is 334. The van der Waals surface area contributed by atoms with Crippen molar-refractivity contribution in [2.24, 2.45) is 0 Å². The van der Waals surface area contributed by atoms with Gasteiger partial charge in [-0.3, -0.25) is 0 Å².